The number of nitrogens with zero attached hydrogens (tertiary/aromatic N) is 3. The second kappa shape index (κ2) is 5.32. The van der Waals surface area contributed by atoms with E-state index in [0.717, 1.165) is 29.4 Å². The maximum absolute atomic E-state index is 5.85. The highest BCUT2D eigenvalue weighted by atomic mass is 32.2. The average molecular weight is 236 g/mol. The van der Waals surface area contributed by atoms with Gasteiger partial charge >= 0.3 is 0 Å². The van der Waals surface area contributed by atoms with Crippen LogP contribution in [-0.4, -0.2) is 26.2 Å². The number of rotatable bonds is 5. The molecule has 2 aromatic heterocycles. The van der Waals surface area contributed by atoms with Crippen LogP contribution < -0.4 is 5.73 Å². The van der Waals surface area contributed by atoms with Crippen molar-refractivity contribution in [2.24, 2.45) is 5.73 Å². The molecule has 0 radical (unpaired) electrons. The van der Waals surface area contributed by atoms with Crippen LogP contribution in [0.3, 0.4) is 0 Å². The predicted molar refractivity (Wildman–Crippen MR) is 67.4 cm³/mol. The van der Waals surface area contributed by atoms with Crippen molar-refractivity contribution in [2.45, 2.75) is 25.1 Å². The van der Waals surface area contributed by atoms with Gasteiger partial charge in [0, 0.05) is 36.1 Å². The molecule has 86 valence electrons. The molecule has 0 spiro atoms. The van der Waals surface area contributed by atoms with Gasteiger partial charge in [-0.2, -0.15) is 11.8 Å². The fourth-order valence-corrected chi connectivity index (χ4v) is 2.39. The second-order valence-electron chi connectivity index (χ2n) is 3.74. The average Bonchev–Trinajstić information content (AvgIpc) is 2.71. The molecule has 0 fully saturated rings. The highest BCUT2D eigenvalue weighted by molar-refractivity contribution is 7.98. The molecule has 1 atom stereocenters. The summed E-state index contributed by atoms with van der Waals surface area (Å²) >= 11 is 1.83. The summed E-state index contributed by atoms with van der Waals surface area (Å²) < 4.78 is 1.94. The van der Waals surface area contributed by atoms with Crippen LogP contribution >= 0.6 is 11.8 Å². The minimum Gasteiger partial charge on any atom is -0.327 e. The first-order valence-corrected chi connectivity index (χ1v) is 6.57. The number of aromatic nitrogens is 3. The van der Waals surface area contributed by atoms with Gasteiger partial charge in [-0.05, 0) is 12.5 Å². The normalized spacial score (nSPS) is 13.1. The Morgan fingerprint density at radius 1 is 1.56 bits per heavy atom. The van der Waals surface area contributed by atoms with Gasteiger partial charge in [-0.25, -0.2) is 9.97 Å². The zero-order valence-electron chi connectivity index (χ0n) is 9.34. The van der Waals surface area contributed by atoms with Crippen molar-refractivity contribution in [1.29, 1.82) is 0 Å². The number of imidazole rings is 1. The van der Waals surface area contributed by atoms with Crippen molar-refractivity contribution in [3.63, 3.8) is 0 Å². The lowest BCUT2D eigenvalue weighted by molar-refractivity contribution is 0.724. The largest absolute Gasteiger partial charge is 0.327 e. The molecule has 0 aliphatic rings. The van der Waals surface area contributed by atoms with E-state index in [1.165, 1.54) is 0 Å². The van der Waals surface area contributed by atoms with Crippen LogP contribution in [-0.2, 0) is 5.75 Å². The number of nitrogens with two attached hydrogens (primary N) is 1. The van der Waals surface area contributed by atoms with Crippen LogP contribution in [0.15, 0.2) is 24.7 Å². The molecule has 2 aromatic rings. The summed E-state index contributed by atoms with van der Waals surface area (Å²) in [6.45, 7) is 2.11. The molecule has 0 aromatic carbocycles. The third kappa shape index (κ3) is 2.74. The molecular formula is C11H16N4S. The third-order valence-corrected chi connectivity index (χ3v) is 3.56. The molecule has 0 aliphatic carbocycles. The molecule has 0 saturated carbocycles. The lowest BCUT2D eigenvalue weighted by Crippen LogP contribution is -2.21. The van der Waals surface area contributed by atoms with E-state index in [0.29, 0.717) is 6.04 Å². The van der Waals surface area contributed by atoms with Gasteiger partial charge in [0.1, 0.15) is 0 Å². The maximum atomic E-state index is 5.85. The Hall–Kier alpha value is -1.07. The van der Waals surface area contributed by atoms with Crippen molar-refractivity contribution in [1.82, 2.24) is 14.4 Å². The van der Waals surface area contributed by atoms with Crippen LogP contribution in [0.1, 0.15) is 19.0 Å². The molecule has 1 unspecified atom stereocenters. The minimum atomic E-state index is 0.292. The number of hydrogen-bond donors (Lipinski definition) is 1. The third-order valence-electron chi connectivity index (χ3n) is 2.39. The van der Waals surface area contributed by atoms with Crippen LogP contribution in [0.5, 0.6) is 0 Å². The quantitative estimate of drug-likeness (QED) is 0.858. The van der Waals surface area contributed by atoms with Crippen molar-refractivity contribution >= 4 is 17.5 Å². The summed E-state index contributed by atoms with van der Waals surface area (Å²) in [6.07, 6.45) is 6.76. The fraction of sp³-hybridized carbons (Fsp3) is 0.455. The van der Waals surface area contributed by atoms with E-state index in [1.807, 2.05) is 34.6 Å². The summed E-state index contributed by atoms with van der Waals surface area (Å²) in [6, 6.07) is 2.19. The van der Waals surface area contributed by atoms with Crippen LogP contribution in [0.2, 0.25) is 0 Å². The van der Waals surface area contributed by atoms with Crippen molar-refractivity contribution in [2.75, 3.05) is 5.75 Å². The van der Waals surface area contributed by atoms with E-state index in [1.54, 1.807) is 6.20 Å². The zero-order chi connectivity index (χ0) is 11.4. The molecule has 2 rings (SSSR count). The Morgan fingerprint density at radius 3 is 3.19 bits per heavy atom. The van der Waals surface area contributed by atoms with E-state index in [-0.39, 0.29) is 0 Å². The molecule has 2 heterocycles. The second-order valence-corrected chi connectivity index (χ2v) is 4.77. The molecule has 2 N–H and O–H groups in total. The SMILES string of the molecule is CCC(N)CSCc1cn2cccnc2n1. The molecule has 0 bridgehead atoms. The topological polar surface area (TPSA) is 56.2 Å². The van der Waals surface area contributed by atoms with Gasteiger partial charge in [-0.3, -0.25) is 4.40 Å². The first kappa shape index (κ1) is 11.4. The molecule has 5 heteroatoms. The Labute approximate surface area is 99.3 Å². The van der Waals surface area contributed by atoms with Gasteiger partial charge in [-0.15, -0.1) is 0 Å². The zero-order valence-corrected chi connectivity index (χ0v) is 10.2. The van der Waals surface area contributed by atoms with Crippen LogP contribution in [0.25, 0.3) is 5.78 Å². The Kier molecular flexibility index (Phi) is 3.79. The monoisotopic (exact) mass is 236 g/mol. The predicted octanol–water partition coefficient (Wildman–Crippen LogP) is 1.70. The van der Waals surface area contributed by atoms with Gasteiger partial charge in [0.25, 0.3) is 0 Å². The molecule has 4 nitrogen and oxygen atoms in total. The summed E-state index contributed by atoms with van der Waals surface area (Å²) in [4.78, 5) is 8.60. The summed E-state index contributed by atoms with van der Waals surface area (Å²) in [5.41, 5.74) is 6.92. The Balaban J connectivity index is 1.94. The van der Waals surface area contributed by atoms with Gasteiger partial charge in [0.05, 0.1) is 5.69 Å². The minimum absolute atomic E-state index is 0.292. The van der Waals surface area contributed by atoms with Gasteiger partial charge < -0.3 is 5.73 Å². The van der Waals surface area contributed by atoms with Crippen molar-refractivity contribution in [3.05, 3.63) is 30.4 Å². The molecule has 0 saturated heterocycles. The lowest BCUT2D eigenvalue weighted by Gasteiger charge is -2.06. The summed E-state index contributed by atoms with van der Waals surface area (Å²) in [7, 11) is 0. The van der Waals surface area contributed by atoms with E-state index < -0.39 is 0 Å². The molecular weight excluding hydrogens is 220 g/mol. The lowest BCUT2D eigenvalue weighted by atomic mass is 10.3. The van der Waals surface area contributed by atoms with E-state index in [4.69, 9.17) is 5.73 Å². The highest BCUT2D eigenvalue weighted by Gasteiger charge is 2.03. The Bertz CT molecular complexity index is 421. The summed E-state index contributed by atoms with van der Waals surface area (Å²) in [5.74, 6) is 2.65. The first-order chi connectivity index (χ1) is 7.79. The fourth-order valence-electron chi connectivity index (χ4n) is 1.38. The summed E-state index contributed by atoms with van der Waals surface area (Å²) in [5, 5.41) is 0. The highest BCUT2D eigenvalue weighted by Crippen LogP contribution is 2.13. The van der Waals surface area contributed by atoms with E-state index in [2.05, 4.69) is 16.9 Å². The van der Waals surface area contributed by atoms with Gasteiger partial charge in [0.2, 0.25) is 5.78 Å². The maximum Gasteiger partial charge on any atom is 0.233 e. The van der Waals surface area contributed by atoms with Gasteiger partial charge in [0.15, 0.2) is 0 Å². The van der Waals surface area contributed by atoms with E-state index in [9.17, 15) is 0 Å². The van der Waals surface area contributed by atoms with Crippen molar-refractivity contribution in [3.8, 4) is 0 Å². The molecule has 0 aliphatic heterocycles. The van der Waals surface area contributed by atoms with E-state index >= 15 is 0 Å². The smallest absolute Gasteiger partial charge is 0.233 e. The Morgan fingerprint density at radius 2 is 2.44 bits per heavy atom. The van der Waals surface area contributed by atoms with Crippen molar-refractivity contribution < 1.29 is 0 Å². The molecule has 0 amide bonds. The van der Waals surface area contributed by atoms with Gasteiger partial charge in [-0.1, -0.05) is 6.92 Å². The molecule has 16 heavy (non-hydrogen) atoms. The van der Waals surface area contributed by atoms with Crippen LogP contribution in [0.4, 0.5) is 0 Å². The number of fused-ring (bicyclic) bond motifs is 1. The first-order valence-electron chi connectivity index (χ1n) is 5.41. The van der Waals surface area contributed by atoms with Crippen LogP contribution in [0, 0.1) is 0 Å². The standard InChI is InChI=1S/C11H16N4S/c1-2-9(12)7-16-8-10-6-15-5-3-4-13-11(15)14-10/h3-6,9H,2,7-8,12H2,1H3. The number of hydrogen-bond acceptors (Lipinski definition) is 4. The number of thioether (sulfide) groups is 1.